The molecular weight excluding hydrogens is 332 g/mol. The standard InChI is InChI=1S/C15H13BrN4O/c16-13-8-18-20(14(13)10-1-2-10)11-5-3-9(4-6-11)12-7-19-21-15(12)17/h3-8,10H,1-2,17H2. The molecule has 1 aromatic carbocycles. The van der Waals surface area contributed by atoms with E-state index in [0.717, 1.165) is 21.3 Å². The summed E-state index contributed by atoms with van der Waals surface area (Å²) < 4.78 is 7.98. The average molecular weight is 345 g/mol. The minimum absolute atomic E-state index is 0.336. The molecule has 0 radical (unpaired) electrons. The van der Waals surface area contributed by atoms with Crippen molar-refractivity contribution in [1.82, 2.24) is 14.9 Å². The molecule has 21 heavy (non-hydrogen) atoms. The molecule has 1 saturated carbocycles. The van der Waals surface area contributed by atoms with E-state index in [2.05, 4.69) is 26.2 Å². The molecule has 1 aliphatic carbocycles. The summed E-state index contributed by atoms with van der Waals surface area (Å²) in [6.45, 7) is 0. The molecule has 0 unspecified atom stereocenters. The zero-order valence-electron chi connectivity index (χ0n) is 11.2. The number of halogens is 1. The lowest BCUT2D eigenvalue weighted by molar-refractivity contribution is 0.436. The summed E-state index contributed by atoms with van der Waals surface area (Å²) >= 11 is 3.59. The highest BCUT2D eigenvalue weighted by molar-refractivity contribution is 9.10. The summed E-state index contributed by atoms with van der Waals surface area (Å²) in [6, 6.07) is 8.08. The van der Waals surface area contributed by atoms with Gasteiger partial charge in [-0.1, -0.05) is 17.3 Å². The first-order chi connectivity index (χ1) is 10.2. The van der Waals surface area contributed by atoms with Gasteiger partial charge in [-0.3, -0.25) is 0 Å². The molecule has 0 spiro atoms. The molecule has 0 atom stereocenters. The summed E-state index contributed by atoms with van der Waals surface area (Å²) in [7, 11) is 0. The Morgan fingerprint density at radius 1 is 1.19 bits per heavy atom. The highest BCUT2D eigenvalue weighted by Gasteiger charge is 2.30. The van der Waals surface area contributed by atoms with Crippen LogP contribution in [-0.4, -0.2) is 14.9 Å². The number of benzene rings is 1. The molecule has 0 aliphatic heterocycles. The molecule has 0 saturated heterocycles. The van der Waals surface area contributed by atoms with E-state index in [1.54, 1.807) is 6.20 Å². The van der Waals surface area contributed by atoms with Gasteiger partial charge in [0.05, 0.1) is 33.8 Å². The van der Waals surface area contributed by atoms with Crippen LogP contribution in [0.1, 0.15) is 24.5 Å². The highest BCUT2D eigenvalue weighted by Crippen LogP contribution is 2.44. The fourth-order valence-electron chi connectivity index (χ4n) is 2.52. The van der Waals surface area contributed by atoms with Crippen molar-refractivity contribution >= 4 is 21.8 Å². The topological polar surface area (TPSA) is 69.9 Å². The van der Waals surface area contributed by atoms with Crippen molar-refractivity contribution < 1.29 is 4.52 Å². The van der Waals surface area contributed by atoms with Gasteiger partial charge in [0, 0.05) is 5.92 Å². The third-order valence-corrected chi connectivity index (χ3v) is 4.36. The summed E-state index contributed by atoms with van der Waals surface area (Å²) in [4.78, 5) is 0. The average Bonchev–Trinajstić information content (AvgIpc) is 3.13. The maximum absolute atomic E-state index is 5.74. The van der Waals surface area contributed by atoms with Crippen LogP contribution in [0.2, 0.25) is 0 Å². The largest absolute Gasteiger partial charge is 0.367 e. The van der Waals surface area contributed by atoms with Gasteiger partial charge in [-0.2, -0.15) is 5.10 Å². The molecule has 1 aliphatic rings. The van der Waals surface area contributed by atoms with Gasteiger partial charge in [-0.05, 0) is 46.5 Å². The van der Waals surface area contributed by atoms with E-state index in [0.29, 0.717) is 11.8 Å². The maximum Gasteiger partial charge on any atom is 0.229 e. The van der Waals surface area contributed by atoms with Crippen LogP contribution < -0.4 is 5.73 Å². The van der Waals surface area contributed by atoms with Gasteiger partial charge < -0.3 is 10.3 Å². The number of hydrogen-bond donors (Lipinski definition) is 1. The van der Waals surface area contributed by atoms with Crippen LogP contribution in [0.4, 0.5) is 5.88 Å². The number of aromatic nitrogens is 3. The van der Waals surface area contributed by atoms with Crippen molar-refractivity contribution in [2.75, 3.05) is 5.73 Å². The second-order valence-electron chi connectivity index (χ2n) is 5.21. The third kappa shape index (κ3) is 2.15. The van der Waals surface area contributed by atoms with E-state index < -0.39 is 0 Å². The highest BCUT2D eigenvalue weighted by atomic mass is 79.9. The normalized spacial score (nSPS) is 14.5. The van der Waals surface area contributed by atoms with Crippen LogP contribution in [0.5, 0.6) is 0 Å². The zero-order chi connectivity index (χ0) is 14.4. The molecule has 2 aromatic heterocycles. The predicted molar refractivity (Wildman–Crippen MR) is 83.1 cm³/mol. The van der Waals surface area contributed by atoms with E-state index in [4.69, 9.17) is 10.3 Å². The number of anilines is 1. The first kappa shape index (κ1) is 12.6. The number of hydrogen-bond acceptors (Lipinski definition) is 4. The van der Waals surface area contributed by atoms with E-state index in [9.17, 15) is 0 Å². The fourth-order valence-corrected chi connectivity index (χ4v) is 3.10. The molecule has 0 amide bonds. The van der Waals surface area contributed by atoms with E-state index in [-0.39, 0.29) is 0 Å². The van der Waals surface area contributed by atoms with Crippen molar-refractivity contribution in [3.63, 3.8) is 0 Å². The maximum atomic E-state index is 5.74. The van der Waals surface area contributed by atoms with Crippen molar-refractivity contribution in [3.8, 4) is 16.8 Å². The Kier molecular flexibility index (Phi) is 2.85. The van der Waals surface area contributed by atoms with Gasteiger partial charge in [-0.25, -0.2) is 4.68 Å². The smallest absolute Gasteiger partial charge is 0.229 e. The SMILES string of the molecule is Nc1oncc1-c1ccc(-n2ncc(Br)c2C2CC2)cc1. The second-order valence-corrected chi connectivity index (χ2v) is 6.07. The lowest BCUT2D eigenvalue weighted by atomic mass is 10.1. The zero-order valence-corrected chi connectivity index (χ0v) is 12.7. The van der Waals surface area contributed by atoms with E-state index >= 15 is 0 Å². The Morgan fingerprint density at radius 2 is 1.95 bits per heavy atom. The summed E-state index contributed by atoms with van der Waals surface area (Å²) in [5.74, 6) is 0.957. The molecule has 4 rings (SSSR count). The van der Waals surface area contributed by atoms with Crippen molar-refractivity contribution in [2.24, 2.45) is 0 Å². The van der Waals surface area contributed by atoms with Crippen LogP contribution in [0.25, 0.3) is 16.8 Å². The molecule has 106 valence electrons. The molecule has 1 fully saturated rings. The van der Waals surface area contributed by atoms with E-state index in [1.807, 2.05) is 35.1 Å². The number of nitrogens with two attached hydrogens (primary N) is 1. The van der Waals surface area contributed by atoms with Gasteiger partial charge in [0.15, 0.2) is 0 Å². The monoisotopic (exact) mass is 344 g/mol. The molecule has 2 heterocycles. The first-order valence-electron chi connectivity index (χ1n) is 6.78. The van der Waals surface area contributed by atoms with Crippen LogP contribution in [0.15, 0.2) is 45.7 Å². The minimum atomic E-state index is 0.336. The summed E-state index contributed by atoms with van der Waals surface area (Å²) in [5, 5.41) is 8.18. The Hall–Kier alpha value is -2.08. The Labute approximate surface area is 129 Å². The van der Waals surface area contributed by atoms with Gasteiger partial charge in [-0.15, -0.1) is 0 Å². The molecule has 5 nitrogen and oxygen atoms in total. The summed E-state index contributed by atoms with van der Waals surface area (Å²) in [6.07, 6.45) is 5.96. The van der Waals surface area contributed by atoms with Gasteiger partial charge in [0.25, 0.3) is 0 Å². The summed E-state index contributed by atoms with van der Waals surface area (Å²) in [5.41, 5.74) is 9.84. The Bertz CT molecular complexity index is 786. The number of nitrogen functional groups attached to an aromatic ring is 1. The van der Waals surface area contributed by atoms with Gasteiger partial charge in [0.2, 0.25) is 5.88 Å². The second kappa shape index (κ2) is 4.73. The van der Waals surface area contributed by atoms with Gasteiger partial charge in [0.1, 0.15) is 0 Å². The van der Waals surface area contributed by atoms with Crippen molar-refractivity contribution in [3.05, 3.63) is 46.8 Å². The Balaban J connectivity index is 1.73. The van der Waals surface area contributed by atoms with Crippen LogP contribution >= 0.6 is 15.9 Å². The number of rotatable bonds is 3. The lowest BCUT2D eigenvalue weighted by Gasteiger charge is -2.08. The van der Waals surface area contributed by atoms with Crippen molar-refractivity contribution in [2.45, 2.75) is 18.8 Å². The first-order valence-corrected chi connectivity index (χ1v) is 7.57. The lowest BCUT2D eigenvalue weighted by Crippen LogP contribution is -2.01. The molecule has 6 heteroatoms. The molecular formula is C15H13BrN4O. The predicted octanol–water partition coefficient (Wildman–Crippen LogP) is 3.75. The molecule has 3 aromatic rings. The van der Waals surface area contributed by atoms with Crippen LogP contribution in [0.3, 0.4) is 0 Å². The molecule has 2 N–H and O–H groups in total. The van der Waals surface area contributed by atoms with Crippen LogP contribution in [0, 0.1) is 0 Å². The Morgan fingerprint density at radius 3 is 2.57 bits per heavy atom. The van der Waals surface area contributed by atoms with Gasteiger partial charge >= 0.3 is 0 Å². The molecule has 0 bridgehead atoms. The van der Waals surface area contributed by atoms with Crippen molar-refractivity contribution in [1.29, 1.82) is 0 Å². The fraction of sp³-hybridized carbons (Fsp3) is 0.200. The third-order valence-electron chi connectivity index (χ3n) is 3.74. The number of nitrogens with zero attached hydrogens (tertiary/aromatic N) is 3. The quantitative estimate of drug-likeness (QED) is 0.785. The van der Waals surface area contributed by atoms with Crippen LogP contribution in [-0.2, 0) is 0 Å². The minimum Gasteiger partial charge on any atom is -0.367 e. The van der Waals surface area contributed by atoms with E-state index in [1.165, 1.54) is 18.5 Å².